The molecule has 156 valence electrons. The fourth-order valence-electron chi connectivity index (χ4n) is 3.65. The highest BCUT2D eigenvalue weighted by molar-refractivity contribution is 5.94. The number of carboxylic acids is 2. The van der Waals surface area contributed by atoms with Gasteiger partial charge in [0.25, 0.3) is 0 Å². The number of carboxylic acid groups (broad SMARTS) is 2. The van der Waals surface area contributed by atoms with Crippen molar-refractivity contribution in [3.63, 3.8) is 0 Å². The van der Waals surface area contributed by atoms with Crippen LogP contribution in [0.4, 0.5) is 14.5 Å². The number of anilines is 1. The summed E-state index contributed by atoms with van der Waals surface area (Å²) in [6, 6.07) is -0.557. The van der Waals surface area contributed by atoms with Crippen molar-refractivity contribution in [1.29, 1.82) is 0 Å². The van der Waals surface area contributed by atoms with Crippen LogP contribution >= 0.6 is 0 Å². The highest BCUT2D eigenvalue weighted by Gasteiger charge is 2.32. The molecule has 1 aromatic carbocycles. The van der Waals surface area contributed by atoms with Gasteiger partial charge in [-0.05, 0) is 12.0 Å². The molecule has 1 fully saturated rings. The molecule has 0 radical (unpaired) electrons. The van der Waals surface area contributed by atoms with E-state index in [4.69, 9.17) is 0 Å². The normalized spacial score (nSPS) is 16.2. The third kappa shape index (κ3) is 3.44. The third-order valence-corrected chi connectivity index (χ3v) is 5.33. The van der Waals surface area contributed by atoms with Crippen molar-refractivity contribution < 1.29 is 28.6 Å². The number of carbonyl (C=O) groups is 2. The van der Waals surface area contributed by atoms with Crippen LogP contribution in [-0.4, -0.2) is 46.5 Å². The molecule has 8 nitrogen and oxygen atoms in total. The Morgan fingerprint density at radius 3 is 2.52 bits per heavy atom. The van der Waals surface area contributed by atoms with Crippen LogP contribution in [0.1, 0.15) is 36.7 Å². The highest BCUT2D eigenvalue weighted by atomic mass is 19.1. The maximum atomic E-state index is 15.5. The molecule has 2 atom stereocenters. The third-order valence-electron chi connectivity index (χ3n) is 5.33. The molecule has 29 heavy (non-hydrogen) atoms. The number of halogens is 2. The Bertz CT molecular complexity index is 1050. The average Bonchev–Trinajstić information content (AvgIpc) is 3.17. The first-order valence-electron chi connectivity index (χ1n) is 9.17. The lowest BCUT2D eigenvalue weighted by Gasteiger charge is -2.26. The monoisotopic (exact) mass is 409 g/mol. The fourth-order valence-corrected chi connectivity index (χ4v) is 3.65. The summed E-state index contributed by atoms with van der Waals surface area (Å²) in [4.78, 5) is 37.5. The zero-order valence-electron chi connectivity index (χ0n) is 15.9. The van der Waals surface area contributed by atoms with Crippen LogP contribution in [-0.2, 0) is 4.79 Å². The first-order valence-corrected chi connectivity index (χ1v) is 9.17. The summed E-state index contributed by atoms with van der Waals surface area (Å²) >= 11 is 0. The largest absolute Gasteiger partial charge is 0.480 e. The van der Waals surface area contributed by atoms with E-state index in [0.29, 0.717) is 19.5 Å². The number of aliphatic carboxylic acids is 1. The van der Waals surface area contributed by atoms with Gasteiger partial charge in [-0.15, -0.1) is 0 Å². The van der Waals surface area contributed by atoms with Gasteiger partial charge in [-0.1, -0.05) is 20.3 Å². The van der Waals surface area contributed by atoms with Gasteiger partial charge in [0.15, 0.2) is 5.82 Å². The Morgan fingerprint density at radius 1 is 1.31 bits per heavy atom. The molecule has 0 spiro atoms. The Hall–Kier alpha value is -3.01. The van der Waals surface area contributed by atoms with Gasteiger partial charge < -0.3 is 19.7 Å². The standard InChI is InChI=1S/C19H21F2N3O5/c1-3-9(2)14(19(28)29)24-7-11(18(26)27)17(25)10-6-12(20)16(13(21)15(10)24)23-5-4-22-8-23/h6-7,9,14,22H,3-5,8H2,1-2H3,(H,26,27)(H,28,29). The quantitative estimate of drug-likeness (QED) is 0.669. The van der Waals surface area contributed by atoms with Crippen molar-refractivity contribution in [2.24, 2.45) is 5.92 Å². The van der Waals surface area contributed by atoms with Crippen LogP contribution in [0.5, 0.6) is 0 Å². The van der Waals surface area contributed by atoms with Gasteiger partial charge in [0.2, 0.25) is 5.43 Å². The molecule has 3 N–H and O–H groups in total. The van der Waals surface area contributed by atoms with Crippen molar-refractivity contribution in [3.8, 4) is 0 Å². The number of pyridine rings is 1. The van der Waals surface area contributed by atoms with Crippen LogP contribution in [0.25, 0.3) is 10.9 Å². The molecule has 1 saturated heterocycles. The summed E-state index contributed by atoms with van der Waals surface area (Å²) < 4.78 is 31.2. The van der Waals surface area contributed by atoms with E-state index in [1.807, 2.05) is 0 Å². The summed E-state index contributed by atoms with van der Waals surface area (Å²) in [5.74, 6) is -5.53. The van der Waals surface area contributed by atoms with Crippen molar-refractivity contribution in [3.05, 3.63) is 39.7 Å². The Labute approximate surface area is 164 Å². The smallest absolute Gasteiger partial charge is 0.341 e. The summed E-state index contributed by atoms with van der Waals surface area (Å²) in [5.41, 5.74) is -2.62. The highest BCUT2D eigenvalue weighted by Crippen LogP contribution is 2.33. The molecule has 1 aromatic heterocycles. The number of nitrogens with one attached hydrogen (secondary N) is 1. The topological polar surface area (TPSA) is 112 Å². The number of nitrogens with zero attached hydrogens (tertiary/aromatic N) is 2. The van der Waals surface area contributed by atoms with Gasteiger partial charge >= 0.3 is 11.9 Å². The van der Waals surface area contributed by atoms with Gasteiger partial charge in [0.05, 0.1) is 17.6 Å². The van der Waals surface area contributed by atoms with Gasteiger partial charge in [-0.25, -0.2) is 18.4 Å². The minimum atomic E-state index is -1.60. The van der Waals surface area contributed by atoms with Crippen LogP contribution in [0, 0.1) is 17.6 Å². The maximum absolute atomic E-state index is 15.5. The van der Waals surface area contributed by atoms with Gasteiger partial charge in [0, 0.05) is 19.3 Å². The fraction of sp³-hybridized carbons (Fsp3) is 0.421. The Kier molecular flexibility index (Phi) is 5.56. The van der Waals surface area contributed by atoms with Crippen molar-refractivity contribution in [2.45, 2.75) is 26.3 Å². The SMILES string of the molecule is CCC(C)C(C(=O)O)n1cc(C(=O)O)c(=O)c2cc(F)c(N3CCNC3)c(F)c21. The molecule has 0 bridgehead atoms. The predicted octanol–water partition coefficient (Wildman–Crippen LogP) is 2.02. The lowest BCUT2D eigenvalue weighted by Crippen LogP contribution is -2.30. The second-order valence-electron chi connectivity index (χ2n) is 7.09. The van der Waals surface area contributed by atoms with E-state index in [-0.39, 0.29) is 12.4 Å². The molecule has 3 rings (SSSR count). The molecule has 0 aliphatic carbocycles. The maximum Gasteiger partial charge on any atom is 0.341 e. The molecule has 0 amide bonds. The van der Waals surface area contributed by atoms with Crippen LogP contribution in [0.3, 0.4) is 0 Å². The van der Waals surface area contributed by atoms with Gasteiger partial charge in [-0.2, -0.15) is 0 Å². The average molecular weight is 409 g/mol. The van der Waals surface area contributed by atoms with E-state index in [2.05, 4.69) is 5.32 Å². The molecule has 2 heterocycles. The second-order valence-corrected chi connectivity index (χ2v) is 7.09. The first kappa shape index (κ1) is 20.7. The van der Waals surface area contributed by atoms with Gasteiger partial charge in [-0.3, -0.25) is 10.1 Å². The number of aromatic nitrogens is 1. The van der Waals surface area contributed by atoms with E-state index >= 15 is 4.39 Å². The van der Waals surface area contributed by atoms with Crippen LogP contribution in [0.15, 0.2) is 17.1 Å². The van der Waals surface area contributed by atoms with Gasteiger partial charge in [0.1, 0.15) is 23.1 Å². The molecular formula is C19H21F2N3O5. The zero-order valence-corrected chi connectivity index (χ0v) is 15.9. The second kappa shape index (κ2) is 7.78. The number of benzene rings is 1. The molecule has 2 unspecified atom stereocenters. The summed E-state index contributed by atoms with van der Waals surface area (Å²) in [7, 11) is 0. The number of rotatable bonds is 6. The van der Waals surface area contributed by atoms with E-state index in [1.165, 1.54) is 4.90 Å². The summed E-state index contributed by atoms with van der Waals surface area (Å²) in [6.45, 7) is 4.37. The Morgan fingerprint density at radius 2 is 2.00 bits per heavy atom. The lowest BCUT2D eigenvalue weighted by atomic mass is 9.97. The van der Waals surface area contributed by atoms with E-state index in [0.717, 1.165) is 16.8 Å². The van der Waals surface area contributed by atoms with Crippen LogP contribution < -0.4 is 15.6 Å². The number of fused-ring (bicyclic) bond motifs is 1. The van der Waals surface area contributed by atoms with Crippen LogP contribution in [0.2, 0.25) is 0 Å². The Balaban J connectivity index is 2.46. The molecule has 0 saturated carbocycles. The van der Waals surface area contributed by atoms with E-state index in [1.54, 1.807) is 13.8 Å². The van der Waals surface area contributed by atoms with Crippen molar-refractivity contribution in [2.75, 3.05) is 24.7 Å². The predicted molar refractivity (Wildman–Crippen MR) is 101 cm³/mol. The molecule has 10 heteroatoms. The first-order chi connectivity index (χ1) is 13.7. The summed E-state index contributed by atoms with van der Waals surface area (Å²) in [5, 5.41) is 21.6. The summed E-state index contributed by atoms with van der Waals surface area (Å²) in [6.07, 6.45) is 1.24. The number of hydrogen-bond donors (Lipinski definition) is 3. The zero-order chi connectivity index (χ0) is 21.5. The molecule has 1 aliphatic rings. The molecular weight excluding hydrogens is 388 g/mol. The molecule has 1 aliphatic heterocycles. The van der Waals surface area contributed by atoms with Crippen molar-refractivity contribution >= 4 is 28.5 Å². The van der Waals surface area contributed by atoms with Crippen molar-refractivity contribution in [1.82, 2.24) is 9.88 Å². The number of aromatic carboxylic acids is 1. The minimum absolute atomic E-state index is 0.185. The number of hydrogen-bond acceptors (Lipinski definition) is 5. The molecule has 2 aromatic rings. The lowest BCUT2D eigenvalue weighted by molar-refractivity contribution is -0.142. The van der Waals surface area contributed by atoms with E-state index < -0.39 is 57.4 Å². The minimum Gasteiger partial charge on any atom is -0.480 e. The van der Waals surface area contributed by atoms with E-state index in [9.17, 15) is 29.0 Å².